The third kappa shape index (κ3) is 1.58. The molecule has 0 aromatic carbocycles. The largest absolute Gasteiger partial charge is 0.295 e. The van der Waals surface area contributed by atoms with Crippen molar-refractivity contribution in [2.24, 2.45) is 17.3 Å². The van der Waals surface area contributed by atoms with Gasteiger partial charge in [0.15, 0.2) is 5.78 Å². The number of ketones is 1. The van der Waals surface area contributed by atoms with Crippen molar-refractivity contribution < 1.29 is 4.79 Å². The predicted molar refractivity (Wildman–Crippen MR) is 81.3 cm³/mol. The van der Waals surface area contributed by atoms with E-state index in [9.17, 15) is 4.79 Å². The molecule has 0 heterocycles. The molecular formula is C19H24O. The summed E-state index contributed by atoms with van der Waals surface area (Å²) >= 11 is 0. The zero-order chi connectivity index (χ0) is 13.9. The van der Waals surface area contributed by atoms with Gasteiger partial charge in [0.05, 0.1) is 0 Å². The minimum Gasteiger partial charge on any atom is -0.295 e. The monoisotopic (exact) mass is 268 g/mol. The third-order valence-corrected chi connectivity index (χ3v) is 6.61. The quantitative estimate of drug-likeness (QED) is 0.619. The Morgan fingerprint density at radius 2 is 2.00 bits per heavy atom. The average molecular weight is 268 g/mol. The van der Waals surface area contributed by atoms with Crippen molar-refractivity contribution in [3.63, 3.8) is 0 Å². The van der Waals surface area contributed by atoms with Crippen LogP contribution in [0.5, 0.6) is 0 Å². The van der Waals surface area contributed by atoms with Crippen LogP contribution < -0.4 is 0 Å². The Hall–Kier alpha value is -1.11. The zero-order valence-electron chi connectivity index (χ0n) is 12.7. The Kier molecular flexibility index (Phi) is 2.64. The van der Waals surface area contributed by atoms with Crippen LogP contribution in [0.15, 0.2) is 34.4 Å². The molecule has 1 fully saturated rings. The van der Waals surface area contributed by atoms with Gasteiger partial charge in [-0.15, -0.1) is 0 Å². The number of hydrogen-bond acceptors (Lipinski definition) is 1. The SMILES string of the molecule is CC1=CC2=C3CCC(=O)C=C3CC[C@H]2[C@@H]2CCC[C@@]12C. The molecule has 0 aromatic heterocycles. The molecule has 0 radical (unpaired) electrons. The summed E-state index contributed by atoms with van der Waals surface area (Å²) in [5.41, 5.74) is 6.56. The Morgan fingerprint density at radius 3 is 2.85 bits per heavy atom. The summed E-state index contributed by atoms with van der Waals surface area (Å²) in [6.07, 6.45) is 12.7. The average Bonchev–Trinajstić information content (AvgIpc) is 2.82. The second kappa shape index (κ2) is 4.19. The Labute approximate surface area is 121 Å². The second-order valence-corrected chi connectivity index (χ2v) is 7.46. The molecule has 4 rings (SSSR count). The molecule has 20 heavy (non-hydrogen) atoms. The predicted octanol–water partition coefficient (Wildman–Crippen LogP) is 4.75. The highest BCUT2D eigenvalue weighted by atomic mass is 16.1. The van der Waals surface area contributed by atoms with Crippen molar-refractivity contribution in [3.05, 3.63) is 34.4 Å². The van der Waals surface area contributed by atoms with E-state index in [-0.39, 0.29) is 0 Å². The first-order chi connectivity index (χ1) is 9.59. The van der Waals surface area contributed by atoms with Gasteiger partial charge in [-0.1, -0.05) is 25.0 Å². The first-order valence-corrected chi connectivity index (χ1v) is 8.25. The molecule has 4 aliphatic rings. The number of rotatable bonds is 0. The van der Waals surface area contributed by atoms with E-state index in [2.05, 4.69) is 19.9 Å². The molecule has 0 amide bonds. The Balaban J connectivity index is 1.87. The van der Waals surface area contributed by atoms with Crippen LogP contribution in [-0.2, 0) is 4.79 Å². The summed E-state index contributed by atoms with van der Waals surface area (Å²) in [6, 6.07) is 0. The van der Waals surface area contributed by atoms with Gasteiger partial charge in [-0.25, -0.2) is 0 Å². The second-order valence-electron chi connectivity index (χ2n) is 7.46. The minimum atomic E-state index is 0.338. The van der Waals surface area contributed by atoms with Crippen LogP contribution in [0.2, 0.25) is 0 Å². The van der Waals surface area contributed by atoms with E-state index in [0.29, 0.717) is 11.2 Å². The van der Waals surface area contributed by atoms with Gasteiger partial charge in [-0.3, -0.25) is 4.79 Å². The maximum absolute atomic E-state index is 11.7. The van der Waals surface area contributed by atoms with Crippen LogP contribution in [0.4, 0.5) is 0 Å². The molecule has 0 saturated heterocycles. The molecule has 0 spiro atoms. The number of carbonyl (C=O) groups excluding carboxylic acids is 1. The topological polar surface area (TPSA) is 17.1 Å². The van der Waals surface area contributed by atoms with Gasteiger partial charge in [0, 0.05) is 6.42 Å². The molecule has 3 atom stereocenters. The van der Waals surface area contributed by atoms with Crippen LogP contribution in [0.3, 0.4) is 0 Å². The van der Waals surface area contributed by atoms with Crippen LogP contribution in [0.25, 0.3) is 0 Å². The van der Waals surface area contributed by atoms with Crippen molar-refractivity contribution in [1.82, 2.24) is 0 Å². The highest BCUT2D eigenvalue weighted by molar-refractivity contribution is 5.93. The van der Waals surface area contributed by atoms with Gasteiger partial charge in [0.25, 0.3) is 0 Å². The Morgan fingerprint density at radius 1 is 1.15 bits per heavy atom. The van der Waals surface area contributed by atoms with Crippen LogP contribution in [0.1, 0.15) is 58.8 Å². The van der Waals surface area contributed by atoms with E-state index >= 15 is 0 Å². The number of carbonyl (C=O) groups is 1. The first kappa shape index (κ1) is 12.6. The molecular weight excluding hydrogens is 244 g/mol. The summed E-state index contributed by atoms with van der Waals surface area (Å²) in [5.74, 6) is 1.96. The fraction of sp³-hybridized carbons (Fsp3) is 0.632. The molecule has 0 aliphatic heterocycles. The molecule has 106 valence electrons. The van der Waals surface area contributed by atoms with E-state index in [1.165, 1.54) is 36.8 Å². The summed E-state index contributed by atoms with van der Waals surface area (Å²) < 4.78 is 0. The van der Waals surface area contributed by atoms with Gasteiger partial charge in [0.2, 0.25) is 0 Å². The summed E-state index contributed by atoms with van der Waals surface area (Å²) in [7, 11) is 0. The van der Waals surface area contributed by atoms with Crippen molar-refractivity contribution in [2.45, 2.75) is 58.8 Å². The lowest BCUT2D eigenvalue weighted by atomic mass is 9.58. The van der Waals surface area contributed by atoms with Gasteiger partial charge in [-0.2, -0.15) is 0 Å². The minimum absolute atomic E-state index is 0.338. The zero-order valence-corrected chi connectivity index (χ0v) is 12.7. The van der Waals surface area contributed by atoms with Crippen molar-refractivity contribution in [2.75, 3.05) is 0 Å². The van der Waals surface area contributed by atoms with Gasteiger partial charge < -0.3 is 0 Å². The summed E-state index contributed by atoms with van der Waals surface area (Å²) in [4.78, 5) is 11.7. The van der Waals surface area contributed by atoms with E-state index < -0.39 is 0 Å². The lowest BCUT2D eigenvalue weighted by molar-refractivity contribution is -0.114. The van der Waals surface area contributed by atoms with Crippen molar-refractivity contribution in [3.8, 4) is 0 Å². The van der Waals surface area contributed by atoms with Gasteiger partial charge >= 0.3 is 0 Å². The molecule has 0 aromatic rings. The highest BCUT2D eigenvalue weighted by Gasteiger charge is 2.48. The normalized spacial score (nSPS) is 39.8. The van der Waals surface area contributed by atoms with E-state index in [0.717, 1.165) is 31.1 Å². The number of hydrogen-bond donors (Lipinski definition) is 0. The summed E-state index contributed by atoms with van der Waals surface area (Å²) in [5, 5.41) is 0. The summed E-state index contributed by atoms with van der Waals surface area (Å²) in [6.45, 7) is 4.84. The van der Waals surface area contributed by atoms with Gasteiger partial charge in [-0.05, 0) is 79.1 Å². The van der Waals surface area contributed by atoms with E-state index in [1.54, 1.807) is 11.1 Å². The maximum Gasteiger partial charge on any atom is 0.156 e. The lowest BCUT2D eigenvalue weighted by Crippen LogP contribution is -2.36. The van der Waals surface area contributed by atoms with E-state index in [1.807, 2.05) is 6.08 Å². The maximum atomic E-state index is 11.7. The molecule has 1 saturated carbocycles. The molecule has 0 N–H and O–H groups in total. The van der Waals surface area contributed by atoms with Crippen LogP contribution >= 0.6 is 0 Å². The standard InChI is InChI=1S/C19H24O/c1-12-10-17-15-8-6-14(20)11-13(15)5-7-16(17)18-4-3-9-19(12,18)2/h10-11,16,18H,3-9H2,1-2H3/t16-,18+,19+/m1/s1. The van der Waals surface area contributed by atoms with Crippen LogP contribution in [0, 0.1) is 17.3 Å². The van der Waals surface area contributed by atoms with Crippen LogP contribution in [-0.4, -0.2) is 5.78 Å². The molecule has 1 heteroatoms. The number of allylic oxidation sites excluding steroid dienone is 6. The lowest BCUT2D eigenvalue weighted by Gasteiger charge is -2.46. The van der Waals surface area contributed by atoms with E-state index in [4.69, 9.17) is 0 Å². The smallest absolute Gasteiger partial charge is 0.156 e. The highest BCUT2D eigenvalue weighted by Crippen LogP contribution is 2.59. The first-order valence-electron chi connectivity index (χ1n) is 8.25. The van der Waals surface area contributed by atoms with Crippen molar-refractivity contribution >= 4 is 5.78 Å². The Bertz CT molecular complexity index is 575. The molecule has 1 nitrogen and oxygen atoms in total. The fourth-order valence-corrected chi connectivity index (χ4v) is 5.34. The molecule has 4 aliphatic carbocycles. The fourth-order valence-electron chi connectivity index (χ4n) is 5.34. The number of fused-ring (bicyclic) bond motifs is 4. The third-order valence-electron chi connectivity index (χ3n) is 6.61. The van der Waals surface area contributed by atoms with Gasteiger partial charge in [0.1, 0.15) is 0 Å². The molecule has 0 bridgehead atoms. The molecule has 0 unspecified atom stereocenters. The van der Waals surface area contributed by atoms with Crippen molar-refractivity contribution in [1.29, 1.82) is 0 Å².